The van der Waals surface area contributed by atoms with Crippen LogP contribution >= 0.6 is 15.9 Å². The number of anilines is 1. The van der Waals surface area contributed by atoms with Gasteiger partial charge in [-0.3, -0.25) is 9.59 Å². The molecule has 0 radical (unpaired) electrons. The number of amides is 2. The van der Waals surface area contributed by atoms with E-state index in [9.17, 15) is 9.59 Å². The van der Waals surface area contributed by atoms with Gasteiger partial charge < -0.3 is 10.2 Å². The number of carbonyl (C=O) groups excluding carboxylic acids is 2. The lowest BCUT2D eigenvalue weighted by Crippen LogP contribution is -2.30. The van der Waals surface area contributed by atoms with Crippen LogP contribution in [0.15, 0.2) is 59.1 Å². The molecule has 2 rings (SSSR count). The summed E-state index contributed by atoms with van der Waals surface area (Å²) in [5, 5.41) is 2.79. The van der Waals surface area contributed by atoms with E-state index in [1.54, 1.807) is 35.2 Å². The van der Waals surface area contributed by atoms with Gasteiger partial charge in [0, 0.05) is 34.9 Å². The van der Waals surface area contributed by atoms with E-state index in [1.165, 1.54) is 6.08 Å². The topological polar surface area (TPSA) is 49.4 Å². The first kappa shape index (κ1) is 18.9. The Morgan fingerprint density at radius 3 is 2.16 bits per heavy atom. The van der Waals surface area contributed by atoms with Crippen molar-refractivity contribution in [3.8, 4) is 0 Å². The maximum atomic E-state index is 12.2. The first-order chi connectivity index (χ1) is 12.0. The van der Waals surface area contributed by atoms with Crippen molar-refractivity contribution < 1.29 is 9.59 Å². The zero-order valence-corrected chi connectivity index (χ0v) is 15.9. The quantitative estimate of drug-likeness (QED) is 0.721. The SMILES string of the molecule is CCN(CC)C(=O)c1ccc(NC(=O)/C=C/c2ccc(Br)cc2)cc1. The Balaban J connectivity index is 1.97. The van der Waals surface area contributed by atoms with Gasteiger partial charge in [-0.2, -0.15) is 0 Å². The summed E-state index contributed by atoms with van der Waals surface area (Å²) in [6.07, 6.45) is 3.23. The highest BCUT2D eigenvalue weighted by atomic mass is 79.9. The lowest BCUT2D eigenvalue weighted by molar-refractivity contribution is -0.111. The van der Waals surface area contributed by atoms with Gasteiger partial charge in [-0.1, -0.05) is 28.1 Å². The number of nitrogens with zero attached hydrogens (tertiary/aromatic N) is 1. The molecule has 4 nitrogen and oxygen atoms in total. The lowest BCUT2D eigenvalue weighted by Gasteiger charge is -2.18. The van der Waals surface area contributed by atoms with Gasteiger partial charge in [0.05, 0.1) is 0 Å². The highest BCUT2D eigenvalue weighted by molar-refractivity contribution is 9.10. The number of benzene rings is 2. The Morgan fingerprint density at radius 1 is 1.00 bits per heavy atom. The van der Waals surface area contributed by atoms with Crippen LogP contribution in [0, 0.1) is 0 Å². The minimum atomic E-state index is -0.217. The summed E-state index contributed by atoms with van der Waals surface area (Å²) in [6, 6.07) is 14.6. The van der Waals surface area contributed by atoms with E-state index < -0.39 is 0 Å². The van der Waals surface area contributed by atoms with Crippen molar-refractivity contribution in [1.82, 2.24) is 4.90 Å². The number of rotatable bonds is 6. The van der Waals surface area contributed by atoms with Crippen molar-refractivity contribution in [2.24, 2.45) is 0 Å². The third kappa shape index (κ3) is 5.57. The molecule has 0 unspecified atom stereocenters. The van der Waals surface area contributed by atoms with E-state index in [-0.39, 0.29) is 11.8 Å². The summed E-state index contributed by atoms with van der Waals surface area (Å²) in [5.74, 6) is -0.219. The minimum Gasteiger partial charge on any atom is -0.339 e. The normalized spacial score (nSPS) is 10.7. The Kier molecular flexibility index (Phi) is 6.95. The molecule has 0 saturated heterocycles. The fourth-order valence-electron chi connectivity index (χ4n) is 2.32. The summed E-state index contributed by atoms with van der Waals surface area (Å²) in [6.45, 7) is 5.25. The molecule has 0 heterocycles. The molecule has 0 aliphatic heterocycles. The van der Waals surface area contributed by atoms with Crippen molar-refractivity contribution in [2.75, 3.05) is 18.4 Å². The number of hydrogen-bond donors (Lipinski definition) is 1. The smallest absolute Gasteiger partial charge is 0.253 e. The van der Waals surface area contributed by atoms with Gasteiger partial charge in [0.1, 0.15) is 0 Å². The number of hydrogen-bond acceptors (Lipinski definition) is 2. The molecule has 1 N–H and O–H groups in total. The molecule has 0 atom stereocenters. The van der Waals surface area contributed by atoms with Gasteiger partial charge in [0.2, 0.25) is 5.91 Å². The predicted octanol–water partition coefficient (Wildman–Crippen LogP) is 4.58. The summed E-state index contributed by atoms with van der Waals surface area (Å²) < 4.78 is 0.994. The van der Waals surface area contributed by atoms with Crippen LogP contribution in [0.25, 0.3) is 6.08 Å². The van der Waals surface area contributed by atoms with E-state index >= 15 is 0 Å². The van der Waals surface area contributed by atoms with E-state index in [2.05, 4.69) is 21.2 Å². The van der Waals surface area contributed by atoms with Crippen LogP contribution < -0.4 is 5.32 Å². The molecule has 0 bridgehead atoms. The van der Waals surface area contributed by atoms with Gasteiger partial charge in [0.25, 0.3) is 5.91 Å². The molecule has 25 heavy (non-hydrogen) atoms. The molecule has 2 aromatic carbocycles. The molecular weight excluding hydrogens is 380 g/mol. The largest absolute Gasteiger partial charge is 0.339 e. The van der Waals surface area contributed by atoms with Gasteiger partial charge in [-0.25, -0.2) is 0 Å². The zero-order valence-electron chi connectivity index (χ0n) is 14.3. The van der Waals surface area contributed by atoms with E-state index in [1.807, 2.05) is 38.1 Å². The molecule has 0 saturated carbocycles. The van der Waals surface area contributed by atoms with Gasteiger partial charge >= 0.3 is 0 Å². The van der Waals surface area contributed by atoms with E-state index in [0.717, 1.165) is 10.0 Å². The first-order valence-electron chi connectivity index (χ1n) is 8.17. The molecule has 0 spiro atoms. The Morgan fingerprint density at radius 2 is 1.60 bits per heavy atom. The standard InChI is InChI=1S/C20H21BrN2O2/c1-3-23(4-2)20(25)16-8-12-18(13-9-16)22-19(24)14-7-15-5-10-17(21)11-6-15/h5-14H,3-4H2,1-2H3,(H,22,24)/b14-7+. The molecule has 0 aliphatic carbocycles. The Hall–Kier alpha value is -2.40. The monoisotopic (exact) mass is 400 g/mol. The molecule has 0 aliphatic rings. The second-order valence-corrected chi connectivity index (χ2v) is 6.34. The predicted molar refractivity (Wildman–Crippen MR) is 105 cm³/mol. The molecule has 5 heteroatoms. The highest BCUT2D eigenvalue weighted by Gasteiger charge is 2.11. The Bertz CT molecular complexity index is 748. The summed E-state index contributed by atoms with van der Waals surface area (Å²) >= 11 is 3.37. The van der Waals surface area contributed by atoms with Crippen LogP contribution in [-0.4, -0.2) is 29.8 Å². The fraction of sp³-hybridized carbons (Fsp3) is 0.200. The van der Waals surface area contributed by atoms with Crippen LogP contribution in [0.4, 0.5) is 5.69 Å². The maximum absolute atomic E-state index is 12.2. The first-order valence-corrected chi connectivity index (χ1v) is 8.96. The van der Waals surface area contributed by atoms with Crippen LogP contribution in [-0.2, 0) is 4.79 Å². The summed E-state index contributed by atoms with van der Waals surface area (Å²) in [4.78, 5) is 26.0. The molecule has 130 valence electrons. The number of nitrogens with one attached hydrogen (secondary N) is 1. The third-order valence-corrected chi connectivity index (χ3v) is 4.28. The zero-order chi connectivity index (χ0) is 18.2. The fourth-order valence-corrected chi connectivity index (χ4v) is 2.58. The van der Waals surface area contributed by atoms with Crippen LogP contribution in [0.5, 0.6) is 0 Å². The summed E-state index contributed by atoms with van der Waals surface area (Å²) in [5.41, 5.74) is 2.21. The lowest BCUT2D eigenvalue weighted by atomic mass is 10.1. The molecule has 0 fully saturated rings. The van der Waals surface area contributed by atoms with Crippen molar-refractivity contribution in [3.05, 3.63) is 70.2 Å². The minimum absolute atomic E-state index is 0.00184. The van der Waals surface area contributed by atoms with Crippen LogP contribution in [0.3, 0.4) is 0 Å². The van der Waals surface area contributed by atoms with Gasteiger partial charge in [-0.15, -0.1) is 0 Å². The van der Waals surface area contributed by atoms with E-state index in [0.29, 0.717) is 24.3 Å². The second kappa shape index (κ2) is 9.18. The van der Waals surface area contributed by atoms with Crippen LogP contribution in [0.1, 0.15) is 29.8 Å². The molecule has 2 amide bonds. The van der Waals surface area contributed by atoms with Gasteiger partial charge in [0.15, 0.2) is 0 Å². The number of halogens is 1. The second-order valence-electron chi connectivity index (χ2n) is 5.43. The average molecular weight is 401 g/mol. The van der Waals surface area contributed by atoms with Crippen molar-refractivity contribution in [2.45, 2.75) is 13.8 Å². The summed E-state index contributed by atoms with van der Waals surface area (Å²) in [7, 11) is 0. The van der Waals surface area contributed by atoms with Crippen molar-refractivity contribution >= 4 is 39.5 Å². The molecular formula is C20H21BrN2O2. The molecule has 0 aromatic heterocycles. The van der Waals surface area contributed by atoms with Crippen molar-refractivity contribution in [3.63, 3.8) is 0 Å². The average Bonchev–Trinajstić information content (AvgIpc) is 2.63. The highest BCUT2D eigenvalue weighted by Crippen LogP contribution is 2.13. The maximum Gasteiger partial charge on any atom is 0.253 e. The van der Waals surface area contributed by atoms with Crippen molar-refractivity contribution in [1.29, 1.82) is 0 Å². The van der Waals surface area contributed by atoms with E-state index in [4.69, 9.17) is 0 Å². The van der Waals surface area contributed by atoms with Gasteiger partial charge in [-0.05, 0) is 61.9 Å². The third-order valence-electron chi connectivity index (χ3n) is 3.75. The van der Waals surface area contributed by atoms with Crippen LogP contribution in [0.2, 0.25) is 0 Å². The number of carbonyl (C=O) groups is 2. The Labute approximate surface area is 156 Å². The molecule has 2 aromatic rings.